The summed E-state index contributed by atoms with van der Waals surface area (Å²) in [7, 11) is 1.78. The van der Waals surface area contributed by atoms with Gasteiger partial charge in [0.2, 0.25) is 0 Å². The van der Waals surface area contributed by atoms with E-state index in [1.807, 2.05) is 6.66 Å². The zero-order valence-electron chi connectivity index (χ0n) is 5.72. The van der Waals surface area contributed by atoms with E-state index in [-0.39, 0.29) is 0 Å². The first-order valence-corrected chi connectivity index (χ1v) is 5.38. The molecule has 0 saturated carbocycles. The Morgan fingerprint density at radius 1 is 1.25 bits per heavy atom. The number of rotatable bonds is 3. The first kappa shape index (κ1) is 8.53. The zero-order valence-corrected chi connectivity index (χ0v) is 8.72. The molecule has 0 radical (unpaired) electrons. The molecule has 0 rings (SSSR count). The Kier molecular flexibility index (Phi) is 3.77. The van der Waals surface area contributed by atoms with Crippen molar-refractivity contribution in [1.82, 2.24) is 0 Å². The molecule has 0 aromatic heterocycles. The van der Waals surface area contributed by atoms with E-state index < -0.39 is 7.94 Å². The van der Waals surface area contributed by atoms with E-state index in [0.717, 1.165) is 0 Å². The third kappa shape index (κ3) is 2.20. The van der Waals surface area contributed by atoms with Gasteiger partial charge in [0, 0.05) is 0 Å². The molecule has 0 aliphatic rings. The molecular weight excluding hydrogens is 143 g/mol. The van der Waals surface area contributed by atoms with Gasteiger partial charge < -0.3 is 0 Å². The number of hydrogen-bond donors (Lipinski definition) is 0. The second-order valence-corrected chi connectivity index (χ2v) is 5.65. The molecule has 0 heterocycles. The van der Waals surface area contributed by atoms with Gasteiger partial charge in [0.25, 0.3) is 0 Å². The molecular formula is C3H13O3PSi. The molecule has 0 amide bonds. The SMILES string of the molecule is CO[PH](C)(OC)O[SiH3]. The van der Waals surface area contributed by atoms with E-state index in [9.17, 15) is 0 Å². The van der Waals surface area contributed by atoms with Crippen LogP contribution in [0.4, 0.5) is 0 Å². The van der Waals surface area contributed by atoms with Gasteiger partial charge in [0.1, 0.15) is 0 Å². The van der Waals surface area contributed by atoms with E-state index in [1.165, 1.54) is 0 Å². The van der Waals surface area contributed by atoms with Gasteiger partial charge in [0.05, 0.1) is 0 Å². The van der Waals surface area contributed by atoms with Crippen LogP contribution in [0.3, 0.4) is 0 Å². The maximum absolute atomic E-state index is 5.07. The molecule has 0 saturated heterocycles. The Balaban J connectivity index is 3.58. The summed E-state index contributed by atoms with van der Waals surface area (Å²) in [5.41, 5.74) is 0. The summed E-state index contributed by atoms with van der Waals surface area (Å²) >= 11 is 0. The third-order valence-electron chi connectivity index (χ3n) is 1.11. The molecule has 0 aromatic rings. The van der Waals surface area contributed by atoms with E-state index in [4.69, 9.17) is 13.3 Å². The van der Waals surface area contributed by atoms with Crippen molar-refractivity contribution in [2.75, 3.05) is 20.9 Å². The van der Waals surface area contributed by atoms with Crippen LogP contribution in [0.2, 0.25) is 0 Å². The summed E-state index contributed by atoms with van der Waals surface area (Å²) in [6.07, 6.45) is 0. The first-order chi connectivity index (χ1) is 3.68. The van der Waals surface area contributed by atoms with Crippen molar-refractivity contribution >= 4 is 18.4 Å². The molecule has 0 atom stereocenters. The van der Waals surface area contributed by atoms with Crippen LogP contribution in [0, 0.1) is 0 Å². The van der Waals surface area contributed by atoms with E-state index >= 15 is 0 Å². The minimum atomic E-state index is -2.11. The van der Waals surface area contributed by atoms with Crippen molar-refractivity contribution in [3.8, 4) is 0 Å². The van der Waals surface area contributed by atoms with Crippen molar-refractivity contribution in [1.29, 1.82) is 0 Å². The summed E-state index contributed by atoms with van der Waals surface area (Å²) in [4.78, 5) is 0. The average Bonchev–Trinajstić information content (AvgIpc) is 1.87. The van der Waals surface area contributed by atoms with Gasteiger partial charge >= 0.3 is 52.6 Å². The van der Waals surface area contributed by atoms with Gasteiger partial charge in [0.15, 0.2) is 0 Å². The van der Waals surface area contributed by atoms with Crippen LogP contribution in [0.15, 0.2) is 0 Å². The molecule has 0 bridgehead atoms. The van der Waals surface area contributed by atoms with Crippen LogP contribution >= 0.6 is 7.94 Å². The summed E-state index contributed by atoms with van der Waals surface area (Å²) in [6, 6.07) is 0. The molecule has 0 aromatic carbocycles. The van der Waals surface area contributed by atoms with Crippen LogP contribution in [0.5, 0.6) is 0 Å². The molecule has 0 spiro atoms. The van der Waals surface area contributed by atoms with Gasteiger partial charge in [-0.15, -0.1) is 0 Å². The van der Waals surface area contributed by atoms with Gasteiger partial charge in [-0.2, -0.15) is 0 Å². The Morgan fingerprint density at radius 2 is 1.62 bits per heavy atom. The summed E-state index contributed by atoms with van der Waals surface area (Å²) in [5, 5.41) is 0. The molecule has 0 aliphatic heterocycles. The van der Waals surface area contributed by atoms with Crippen LogP contribution in [-0.2, 0) is 13.3 Å². The molecule has 52 valence electrons. The zero-order chi connectivity index (χ0) is 6.62. The fourth-order valence-electron chi connectivity index (χ4n) is 0.250. The van der Waals surface area contributed by atoms with Gasteiger partial charge in [-0.3, -0.25) is 0 Å². The molecule has 3 nitrogen and oxygen atoms in total. The third-order valence-corrected chi connectivity index (χ3v) is 5.56. The van der Waals surface area contributed by atoms with Gasteiger partial charge in [-0.05, 0) is 0 Å². The Bertz CT molecular complexity index is 57.3. The van der Waals surface area contributed by atoms with E-state index in [2.05, 4.69) is 0 Å². The average molecular weight is 156 g/mol. The van der Waals surface area contributed by atoms with Crippen molar-refractivity contribution in [2.45, 2.75) is 0 Å². The van der Waals surface area contributed by atoms with Crippen molar-refractivity contribution in [3.63, 3.8) is 0 Å². The standard InChI is InChI=1S/C3H13O3PSi/c1-4-7(3,5-2)6-8/h7H,1-3,8H3. The normalized spacial score (nSPS) is 14.4. The summed E-state index contributed by atoms with van der Waals surface area (Å²) < 4.78 is 15.0. The van der Waals surface area contributed by atoms with Crippen molar-refractivity contribution in [2.24, 2.45) is 0 Å². The molecule has 0 N–H and O–H groups in total. The van der Waals surface area contributed by atoms with Crippen molar-refractivity contribution < 1.29 is 13.3 Å². The number of hydrogen-bond acceptors (Lipinski definition) is 3. The maximum atomic E-state index is 5.07. The Labute approximate surface area is 53.4 Å². The second-order valence-electron chi connectivity index (χ2n) is 1.47. The topological polar surface area (TPSA) is 27.7 Å². The van der Waals surface area contributed by atoms with Crippen LogP contribution in [0.1, 0.15) is 0 Å². The van der Waals surface area contributed by atoms with Crippen molar-refractivity contribution in [3.05, 3.63) is 0 Å². The van der Waals surface area contributed by atoms with Gasteiger partial charge in [-0.25, -0.2) is 0 Å². The fraction of sp³-hybridized carbons (Fsp3) is 1.00. The van der Waals surface area contributed by atoms with E-state index in [1.54, 1.807) is 14.2 Å². The monoisotopic (exact) mass is 156 g/mol. The second kappa shape index (κ2) is 3.53. The Morgan fingerprint density at radius 3 is 1.62 bits per heavy atom. The quantitative estimate of drug-likeness (QED) is 0.415. The summed E-state index contributed by atoms with van der Waals surface area (Å²) in [5.74, 6) is 0. The van der Waals surface area contributed by atoms with Crippen LogP contribution in [-0.4, -0.2) is 31.4 Å². The molecule has 8 heavy (non-hydrogen) atoms. The molecule has 5 heteroatoms. The van der Waals surface area contributed by atoms with Crippen LogP contribution < -0.4 is 0 Å². The fourth-order valence-corrected chi connectivity index (χ4v) is 1.75. The minimum absolute atomic E-state index is 0.678. The predicted molar refractivity (Wildman–Crippen MR) is 39.3 cm³/mol. The predicted octanol–water partition coefficient (Wildman–Crippen LogP) is -0.299. The molecule has 0 aliphatic carbocycles. The molecule has 0 fully saturated rings. The van der Waals surface area contributed by atoms with E-state index in [0.29, 0.717) is 10.5 Å². The molecule has 0 unspecified atom stereocenters. The van der Waals surface area contributed by atoms with Crippen LogP contribution in [0.25, 0.3) is 0 Å². The summed E-state index contributed by atoms with van der Waals surface area (Å²) in [6.45, 7) is 1.86. The first-order valence-electron chi connectivity index (χ1n) is 2.34. The Hall–Kier alpha value is 0.527. The van der Waals surface area contributed by atoms with Gasteiger partial charge in [-0.1, -0.05) is 0 Å².